The molecule has 1 rings (SSSR count). The van der Waals surface area contributed by atoms with E-state index in [0.717, 1.165) is 11.1 Å². The van der Waals surface area contributed by atoms with E-state index in [1.54, 1.807) is 14.2 Å². The first-order chi connectivity index (χ1) is 15.2. The van der Waals surface area contributed by atoms with Crippen molar-refractivity contribution in [3.05, 3.63) is 53.6 Å². The van der Waals surface area contributed by atoms with E-state index in [9.17, 15) is 4.79 Å². The van der Waals surface area contributed by atoms with Crippen LogP contribution in [0.5, 0.6) is 0 Å². The van der Waals surface area contributed by atoms with Crippen molar-refractivity contribution in [3.8, 4) is 0 Å². The molecular formula is C27H45NO4Si. The van der Waals surface area contributed by atoms with Crippen LogP contribution in [0.1, 0.15) is 47.1 Å². The largest absolute Gasteiger partial charge is 0.409 e. The molecule has 0 spiro atoms. The summed E-state index contributed by atoms with van der Waals surface area (Å²) in [7, 11) is 2.74. The van der Waals surface area contributed by atoms with Gasteiger partial charge in [-0.1, -0.05) is 83.2 Å². The molecule has 1 aromatic carbocycles. The summed E-state index contributed by atoms with van der Waals surface area (Å²) in [5.41, 5.74) is 2.17. The van der Waals surface area contributed by atoms with Gasteiger partial charge in [0.15, 0.2) is 8.32 Å². The third-order valence-corrected chi connectivity index (χ3v) is 11.2. The van der Waals surface area contributed by atoms with Gasteiger partial charge in [-0.15, -0.1) is 0 Å². The number of benzene rings is 1. The molecule has 4 atom stereocenters. The maximum Gasteiger partial charge on any atom is 0.251 e. The number of methoxy groups -OCH3 is 1. The van der Waals surface area contributed by atoms with Crippen molar-refractivity contribution < 1.29 is 18.8 Å². The summed E-state index contributed by atoms with van der Waals surface area (Å²) < 4.78 is 12.6. The fraction of sp³-hybridized carbons (Fsp3) is 0.593. The Morgan fingerprint density at radius 2 is 1.67 bits per heavy atom. The van der Waals surface area contributed by atoms with E-state index >= 15 is 0 Å². The first-order valence-corrected chi connectivity index (χ1v) is 14.6. The number of nitrogens with zero attached hydrogens (tertiary/aromatic N) is 1. The predicted molar refractivity (Wildman–Crippen MR) is 140 cm³/mol. The molecule has 0 bridgehead atoms. The van der Waals surface area contributed by atoms with E-state index in [4.69, 9.17) is 14.0 Å². The zero-order valence-electron chi connectivity index (χ0n) is 22.5. The van der Waals surface area contributed by atoms with Crippen LogP contribution in [0.3, 0.4) is 0 Å². The zero-order chi connectivity index (χ0) is 25.4. The first kappa shape index (κ1) is 29.3. The summed E-state index contributed by atoms with van der Waals surface area (Å²) in [6.07, 6.45) is 5.91. The number of hydrogen-bond acceptors (Lipinski definition) is 4. The minimum atomic E-state index is -2.13. The number of rotatable bonds is 11. The van der Waals surface area contributed by atoms with Gasteiger partial charge in [0.25, 0.3) is 5.91 Å². The smallest absolute Gasteiger partial charge is 0.251 e. The van der Waals surface area contributed by atoms with Crippen LogP contribution in [0.2, 0.25) is 18.1 Å². The molecule has 0 aliphatic carbocycles. The lowest BCUT2D eigenvalue weighted by Crippen LogP contribution is -2.48. The SMILES string of the molecule is CO[C@@H](/C=C/c1ccccc1)[C@@H](C)/C=C(\C)[C@H](O[Si](C)(C)C(C)(C)C)[C@@H](C)C(=O)N(C)OC. The van der Waals surface area contributed by atoms with Crippen LogP contribution >= 0.6 is 0 Å². The third-order valence-electron chi connectivity index (χ3n) is 6.70. The summed E-state index contributed by atoms with van der Waals surface area (Å²) in [5.74, 6) is -0.384. The molecule has 1 amide bonds. The van der Waals surface area contributed by atoms with Gasteiger partial charge in [0.2, 0.25) is 0 Å². The average molecular weight is 476 g/mol. The van der Waals surface area contributed by atoms with Crippen LogP contribution in [0.4, 0.5) is 0 Å². The van der Waals surface area contributed by atoms with Crippen LogP contribution in [0.25, 0.3) is 6.08 Å². The highest BCUT2D eigenvalue weighted by atomic mass is 28.4. The van der Waals surface area contributed by atoms with Gasteiger partial charge in [-0.05, 0) is 36.2 Å². The summed E-state index contributed by atoms with van der Waals surface area (Å²) in [4.78, 5) is 18.1. The summed E-state index contributed by atoms with van der Waals surface area (Å²) in [6.45, 7) is 17.2. The number of carbonyl (C=O) groups is 1. The van der Waals surface area contributed by atoms with E-state index in [1.807, 2.05) is 25.1 Å². The van der Waals surface area contributed by atoms with Gasteiger partial charge in [-0.3, -0.25) is 9.63 Å². The Balaban J connectivity index is 3.23. The monoisotopic (exact) mass is 475 g/mol. The highest BCUT2D eigenvalue weighted by Crippen LogP contribution is 2.39. The quantitative estimate of drug-likeness (QED) is 0.213. The lowest BCUT2D eigenvalue weighted by atomic mass is 9.93. The van der Waals surface area contributed by atoms with Gasteiger partial charge in [-0.25, -0.2) is 5.06 Å². The molecule has 186 valence electrons. The molecule has 6 heteroatoms. The second-order valence-electron chi connectivity index (χ2n) is 10.3. The maximum absolute atomic E-state index is 13.0. The molecule has 1 aromatic rings. The molecule has 0 radical (unpaired) electrons. The van der Waals surface area contributed by atoms with Gasteiger partial charge >= 0.3 is 0 Å². The normalized spacial score (nSPS) is 17.0. The van der Waals surface area contributed by atoms with E-state index in [2.05, 4.69) is 78.1 Å². The molecule has 0 N–H and O–H groups in total. The molecule has 0 aliphatic rings. The van der Waals surface area contributed by atoms with Crippen molar-refractivity contribution in [3.63, 3.8) is 0 Å². The van der Waals surface area contributed by atoms with Gasteiger partial charge < -0.3 is 9.16 Å². The molecule has 33 heavy (non-hydrogen) atoms. The molecule has 0 heterocycles. The molecule has 5 nitrogen and oxygen atoms in total. The number of amides is 1. The van der Waals surface area contributed by atoms with Crippen LogP contribution in [0, 0.1) is 11.8 Å². The highest BCUT2D eigenvalue weighted by molar-refractivity contribution is 6.74. The van der Waals surface area contributed by atoms with Gasteiger partial charge in [0.05, 0.1) is 25.2 Å². The lowest BCUT2D eigenvalue weighted by molar-refractivity contribution is -0.175. The summed E-state index contributed by atoms with van der Waals surface area (Å²) in [5, 5.41) is 1.31. The Morgan fingerprint density at radius 1 is 1.09 bits per heavy atom. The molecule has 0 unspecified atom stereocenters. The molecule has 0 aliphatic heterocycles. The van der Waals surface area contributed by atoms with Crippen molar-refractivity contribution in [2.45, 2.75) is 71.9 Å². The standard InChI is InChI=1S/C27H45NO4Si/c1-20(24(30-8)18-17-23-15-13-12-14-16-23)19-21(2)25(22(3)26(29)28(7)31-9)32-33(10,11)27(4,5)6/h12-20,22,24-25H,1-11H3/b18-17+,21-19+/t20-,22+,24-,25-/m0/s1. The number of hydroxylamine groups is 2. The summed E-state index contributed by atoms with van der Waals surface area (Å²) >= 11 is 0. The van der Waals surface area contributed by atoms with Crippen molar-refractivity contribution in [2.75, 3.05) is 21.3 Å². The highest BCUT2D eigenvalue weighted by Gasteiger charge is 2.42. The van der Waals surface area contributed by atoms with Crippen molar-refractivity contribution in [2.24, 2.45) is 11.8 Å². The Hall–Kier alpha value is -1.73. The molecule has 0 saturated heterocycles. The van der Waals surface area contributed by atoms with Gasteiger partial charge in [-0.2, -0.15) is 0 Å². The van der Waals surface area contributed by atoms with Crippen molar-refractivity contribution >= 4 is 20.3 Å². The van der Waals surface area contributed by atoms with Crippen LogP contribution in [-0.2, 0) is 18.8 Å². The fourth-order valence-electron chi connectivity index (χ4n) is 3.43. The Bertz CT molecular complexity index is 798. The second-order valence-corrected chi connectivity index (χ2v) is 15.1. The predicted octanol–water partition coefficient (Wildman–Crippen LogP) is 6.34. The summed E-state index contributed by atoms with van der Waals surface area (Å²) in [6, 6.07) is 10.2. The topological polar surface area (TPSA) is 48.0 Å². The van der Waals surface area contributed by atoms with Gasteiger partial charge in [0.1, 0.15) is 0 Å². The molecule has 0 saturated carbocycles. The number of hydrogen-bond donors (Lipinski definition) is 0. The Labute approximate surface area is 202 Å². The van der Waals surface area contributed by atoms with Crippen LogP contribution < -0.4 is 0 Å². The van der Waals surface area contributed by atoms with Crippen molar-refractivity contribution in [1.29, 1.82) is 0 Å². The minimum absolute atomic E-state index is 0.0283. The maximum atomic E-state index is 13.0. The van der Waals surface area contributed by atoms with E-state index in [-0.39, 0.29) is 35.0 Å². The first-order valence-electron chi connectivity index (χ1n) is 11.7. The lowest BCUT2D eigenvalue weighted by Gasteiger charge is -2.41. The second kappa shape index (κ2) is 12.7. The van der Waals surface area contributed by atoms with E-state index < -0.39 is 8.32 Å². The Kier molecular flexibility index (Phi) is 11.2. The molecule has 0 aromatic heterocycles. The number of ether oxygens (including phenoxy) is 1. The minimum Gasteiger partial charge on any atom is -0.409 e. The average Bonchev–Trinajstić information content (AvgIpc) is 2.76. The Morgan fingerprint density at radius 3 is 2.15 bits per heavy atom. The van der Waals surface area contributed by atoms with Crippen LogP contribution in [0.15, 0.2) is 48.1 Å². The van der Waals surface area contributed by atoms with E-state index in [0.29, 0.717) is 0 Å². The molecule has 0 fully saturated rings. The number of carbonyl (C=O) groups excluding carboxylic acids is 1. The third kappa shape index (κ3) is 8.52. The van der Waals surface area contributed by atoms with Gasteiger partial charge in [0, 0.05) is 20.1 Å². The van der Waals surface area contributed by atoms with E-state index in [1.165, 1.54) is 12.2 Å². The fourth-order valence-corrected chi connectivity index (χ4v) is 4.81. The molecular weight excluding hydrogens is 430 g/mol. The van der Waals surface area contributed by atoms with Crippen LogP contribution in [-0.4, -0.2) is 52.8 Å². The zero-order valence-corrected chi connectivity index (χ0v) is 23.5. The van der Waals surface area contributed by atoms with Crippen molar-refractivity contribution in [1.82, 2.24) is 5.06 Å².